The van der Waals surface area contributed by atoms with Crippen molar-refractivity contribution in [1.29, 1.82) is 0 Å². The van der Waals surface area contributed by atoms with Crippen molar-refractivity contribution < 1.29 is 24.2 Å². The Kier molecular flexibility index (Phi) is 7.68. The van der Waals surface area contributed by atoms with Crippen molar-refractivity contribution in [2.75, 3.05) is 23.5 Å². The number of carbonyl (C=O) groups excluding carboxylic acids is 3. The maximum atomic E-state index is 13.8. The molecule has 11 heteroatoms. The minimum Gasteiger partial charge on any atom is -0.504 e. The molecule has 6 rings (SSSR count). The predicted molar refractivity (Wildman–Crippen MR) is 168 cm³/mol. The Morgan fingerprint density at radius 2 is 1.53 bits per heavy atom. The van der Waals surface area contributed by atoms with Crippen LogP contribution in [0.3, 0.4) is 0 Å². The molecule has 0 radical (unpaired) electrons. The topological polar surface area (TPSA) is 102 Å². The second-order valence-electron chi connectivity index (χ2n) is 9.49. The number of aromatic hydroxyl groups is 1. The third-order valence-electron chi connectivity index (χ3n) is 6.85. The highest BCUT2D eigenvalue weighted by Gasteiger charge is 2.41. The SMILES string of the molecule is COc1cc(C=C2C(=O)N(NCC(=O)N3c4ccccc4Sc4ccccc43)C(=S)N(c3ccccc3)C2=O)ccc1O. The van der Waals surface area contributed by atoms with E-state index in [2.05, 4.69) is 5.43 Å². The Morgan fingerprint density at radius 3 is 2.19 bits per heavy atom. The number of hydrogen-bond donors (Lipinski definition) is 2. The third-order valence-corrected chi connectivity index (χ3v) is 8.34. The molecular weight excluding hydrogens is 585 g/mol. The molecule has 0 spiro atoms. The summed E-state index contributed by atoms with van der Waals surface area (Å²) in [6, 6.07) is 28.4. The lowest BCUT2D eigenvalue weighted by Crippen LogP contribution is -2.62. The van der Waals surface area contributed by atoms with Crippen LogP contribution in [0.5, 0.6) is 11.5 Å². The van der Waals surface area contributed by atoms with Gasteiger partial charge in [-0.25, -0.2) is 10.4 Å². The van der Waals surface area contributed by atoms with Gasteiger partial charge in [0, 0.05) is 9.79 Å². The van der Waals surface area contributed by atoms with Gasteiger partial charge in [0.05, 0.1) is 30.7 Å². The average molecular weight is 609 g/mol. The van der Waals surface area contributed by atoms with Gasteiger partial charge >= 0.3 is 0 Å². The van der Waals surface area contributed by atoms with Crippen molar-refractivity contribution in [3.63, 3.8) is 0 Å². The summed E-state index contributed by atoms with van der Waals surface area (Å²) in [5, 5.41) is 10.9. The molecule has 0 aromatic heterocycles. The predicted octanol–water partition coefficient (Wildman–Crippen LogP) is 5.28. The number of phenolic OH excluding ortho intramolecular Hbond substituents is 1. The lowest BCUT2D eigenvalue weighted by atomic mass is 10.1. The first-order valence-corrected chi connectivity index (χ1v) is 14.4. The van der Waals surface area contributed by atoms with Gasteiger partial charge in [0.25, 0.3) is 11.8 Å². The zero-order valence-corrected chi connectivity index (χ0v) is 24.4. The number of amides is 3. The molecule has 1 fully saturated rings. The number of hydrazine groups is 1. The number of benzene rings is 4. The number of methoxy groups -OCH3 is 1. The lowest BCUT2D eigenvalue weighted by molar-refractivity contribution is -0.130. The van der Waals surface area contributed by atoms with Gasteiger partial charge in [-0.1, -0.05) is 60.3 Å². The quantitative estimate of drug-likeness (QED) is 0.173. The van der Waals surface area contributed by atoms with E-state index in [9.17, 15) is 19.5 Å². The Bertz CT molecular complexity index is 1770. The molecule has 214 valence electrons. The van der Waals surface area contributed by atoms with Crippen molar-refractivity contribution in [3.8, 4) is 11.5 Å². The Balaban J connectivity index is 1.34. The van der Waals surface area contributed by atoms with Gasteiger partial charge in [-0.3, -0.25) is 24.2 Å². The summed E-state index contributed by atoms with van der Waals surface area (Å²) in [7, 11) is 1.40. The van der Waals surface area contributed by atoms with E-state index < -0.39 is 11.8 Å². The van der Waals surface area contributed by atoms with Crippen LogP contribution in [0.4, 0.5) is 17.1 Å². The largest absolute Gasteiger partial charge is 0.504 e. The number of ether oxygens (including phenoxy) is 1. The van der Waals surface area contributed by atoms with Gasteiger partial charge in [-0.2, -0.15) is 0 Å². The van der Waals surface area contributed by atoms with Crippen LogP contribution in [0, 0.1) is 0 Å². The van der Waals surface area contributed by atoms with Crippen LogP contribution in [0.1, 0.15) is 5.56 Å². The summed E-state index contributed by atoms with van der Waals surface area (Å²) in [5.41, 5.74) is 5.05. The van der Waals surface area contributed by atoms with E-state index in [0.29, 0.717) is 11.3 Å². The molecule has 1 saturated heterocycles. The normalized spacial score (nSPS) is 15.4. The van der Waals surface area contributed by atoms with Crippen molar-refractivity contribution in [1.82, 2.24) is 10.4 Å². The van der Waals surface area contributed by atoms with Crippen LogP contribution in [0.15, 0.2) is 112 Å². The summed E-state index contributed by atoms with van der Waals surface area (Å²) in [6.45, 7) is -0.295. The number of phenols is 1. The fraction of sp³-hybridized carbons (Fsp3) is 0.0625. The van der Waals surface area contributed by atoms with E-state index in [1.54, 1.807) is 53.1 Å². The molecule has 0 unspecified atom stereocenters. The van der Waals surface area contributed by atoms with Crippen LogP contribution in [0.2, 0.25) is 0 Å². The fourth-order valence-corrected chi connectivity index (χ4v) is 6.22. The number of carbonyl (C=O) groups is 3. The number of anilines is 3. The van der Waals surface area contributed by atoms with E-state index in [1.165, 1.54) is 30.2 Å². The molecule has 0 atom stereocenters. The Morgan fingerprint density at radius 1 is 0.907 bits per heavy atom. The number of para-hydroxylation sites is 3. The van der Waals surface area contributed by atoms with Crippen LogP contribution >= 0.6 is 24.0 Å². The highest BCUT2D eigenvalue weighted by Crippen LogP contribution is 2.47. The molecule has 43 heavy (non-hydrogen) atoms. The summed E-state index contributed by atoms with van der Waals surface area (Å²) < 4.78 is 5.18. The molecule has 4 aromatic carbocycles. The monoisotopic (exact) mass is 608 g/mol. The maximum Gasteiger partial charge on any atom is 0.280 e. The Hall–Kier alpha value is -4.97. The second-order valence-corrected chi connectivity index (χ2v) is 10.9. The van der Waals surface area contributed by atoms with Crippen LogP contribution in [-0.2, 0) is 14.4 Å². The average Bonchev–Trinajstić information content (AvgIpc) is 3.03. The molecule has 3 amide bonds. The molecule has 2 aliphatic heterocycles. The van der Waals surface area contributed by atoms with Crippen molar-refractivity contribution >= 4 is 70.0 Å². The number of nitrogens with one attached hydrogen (secondary N) is 1. The van der Waals surface area contributed by atoms with E-state index in [-0.39, 0.29) is 34.6 Å². The number of fused-ring (bicyclic) bond motifs is 2. The van der Waals surface area contributed by atoms with Crippen molar-refractivity contribution in [2.24, 2.45) is 0 Å². The number of nitrogens with zero attached hydrogens (tertiary/aromatic N) is 3. The van der Waals surface area contributed by atoms with Gasteiger partial charge in [-0.15, -0.1) is 0 Å². The highest BCUT2D eigenvalue weighted by molar-refractivity contribution is 7.99. The summed E-state index contributed by atoms with van der Waals surface area (Å²) in [6.07, 6.45) is 1.40. The van der Waals surface area contributed by atoms with Crippen LogP contribution in [0.25, 0.3) is 6.08 Å². The van der Waals surface area contributed by atoms with Crippen molar-refractivity contribution in [3.05, 3.63) is 108 Å². The third kappa shape index (κ3) is 5.25. The molecule has 0 bridgehead atoms. The van der Waals surface area contributed by atoms with Gasteiger partial charge < -0.3 is 9.84 Å². The van der Waals surface area contributed by atoms with E-state index >= 15 is 0 Å². The molecule has 2 aliphatic rings. The second kappa shape index (κ2) is 11.7. The van der Waals surface area contributed by atoms with Crippen molar-refractivity contribution in [2.45, 2.75) is 9.79 Å². The zero-order chi connectivity index (χ0) is 30.1. The maximum absolute atomic E-state index is 13.8. The molecule has 2 N–H and O–H groups in total. The van der Waals surface area contributed by atoms with Crippen LogP contribution < -0.4 is 20.0 Å². The van der Waals surface area contributed by atoms with E-state index in [1.807, 2.05) is 48.5 Å². The molecule has 2 heterocycles. The summed E-state index contributed by atoms with van der Waals surface area (Å²) in [4.78, 5) is 46.0. The minimum absolute atomic E-state index is 0.0842. The van der Waals surface area contributed by atoms with E-state index in [4.69, 9.17) is 17.0 Å². The standard InChI is InChI=1S/C32H24N4O5S2/c1-41-26-18-20(15-16-25(26)37)17-22-30(39)34(21-9-3-2-4-10-21)32(42)36(31(22)40)33-19-29(38)35-23-11-5-7-13-27(23)43-28-14-8-6-12-24(28)35/h2-18,33,37H,19H2,1H3. The van der Waals surface area contributed by atoms with Gasteiger partial charge in [0.15, 0.2) is 11.5 Å². The van der Waals surface area contributed by atoms with Gasteiger partial charge in [0.1, 0.15) is 5.57 Å². The number of rotatable bonds is 6. The summed E-state index contributed by atoms with van der Waals surface area (Å²) >= 11 is 7.21. The first-order valence-electron chi connectivity index (χ1n) is 13.2. The molecule has 9 nitrogen and oxygen atoms in total. The number of hydrogen-bond acceptors (Lipinski definition) is 8. The Labute approximate surface area is 256 Å². The molecule has 4 aromatic rings. The zero-order valence-electron chi connectivity index (χ0n) is 22.8. The highest BCUT2D eigenvalue weighted by atomic mass is 32.2. The molecule has 0 saturated carbocycles. The number of thiocarbonyl (C=S) groups is 1. The molecule has 0 aliphatic carbocycles. The van der Waals surface area contributed by atoms with Crippen LogP contribution in [-0.4, -0.2) is 46.6 Å². The first-order chi connectivity index (χ1) is 20.9. The fourth-order valence-electron chi connectivity index (χ4n) is 4.82. The summed E-state index contributed by atoms with van der Waals surface area (Å²) in [5.74, 6) is -1.58. The van der Waals surface area contributed by atoms with Gasteiger partial charge in [0.2, 0.25) is 11.0 Å². The van der Waals surface area contributed by atoms with E-state index in [0.717, 1.165) is 26.2 Å². The lowest BCUT2D eigenvalue weighted by Gasteiger charge is -2.37. The van der Waals surface area contributed by atoms with Gasteiger partial charge in [-0.05, 0) is 72.4 Å². The smallest absolute Gasteiger partial charge is 0.280 e. The first kappa shape index (κ1) is 28.2. The molecular formula is C32H24N4O5S2. The minimum atomic E-state index is -0.725.